The van der Waals surface area contributed by atoms with E-state index in [9.17, 15) is 13.2 Å². The maximum absolute atomic E-state index is 12.3. The van der Waals surface area contributed by atoms with Gasteiger partial charge in [-0.15, -0.1) is 5.10 Å². The first-order valence-electron chi connectivity index (χ1n) is 7.71. The van der Waals surface area contributed by atoms with Crippen molar-refractivity contribution in [3.05, 3.63) is 65.2 Å². The van der Waals surface area contributed by atoms with Crippen LogP contribution in [0.25, 0.3) is 5.82 Å². The molecular weight excluding hydrogens is 358 g/mol. The zero-order chi connectivity index (χ0) is 18.6. The average molecular weight is 375 g/mol. The summed E-state index contributed by atoms with van der Waals surface area (Å²) in [7, 11) is -2.18. The second-order valence-corrected chi connectivity index (χ2v) is 7.04. The molecule has 0 saturated heterocycles. The fraction of sp³-hybridized carbons (Fsp3) is 0.188. The van der Waals surface area contributed by atoms with E-state index in [0.717, 1.165) is 0 Å². The van der Waals surface area contributed by atoms with Crippen molar-refractivity contribution >= 4 is 10.0 Å². The SMILES string of the molecule is COc1ccc(S(=O)(=O)NCCn2nc(-n3cccn3)ccc2=O)cc1. The minimum Gasteiger partial charge on any atom is -0.497 e. The second kappa shape index (κ2) is 7.50. The van der Waals surface area contributed by atoms with E-state index in [1.807, 2.05) is 0 Å². The predicted octanol–water partition coefficient (Wildman–Crippen LogP) is 0.416. The van der Waals surface area contributed by atoms with Crippen LogP contribution in [0.1, 0.15) is 0 Å². The van der Waals surface area contributed by atoms with E-state index in [0.29, 0.717) is 11.6 Å². The van der Waals surface area contributed by atoms with E-state index < -0.39 is 10.0 Å². The normalized spacial score (nSPS) is 11.4. The molecule has 0 saturated carbocycles. The fourth-order valence-electron chi connectivity index (χ4n) is 2.25. The molecule has 9 nitrogen and oxygen atoms in total. The van der Waals surface area contributed by atoms with E-state index in [-0.39, 0.29) is 23.5 Å². The van der Waals surface area contributed by atoms with Crippen molar-refractivity contribution < 1.29 is 13.2 Å². The van der Waals surface area contributed by atoms with Crippen LogP contribution in [0.15, 0.2) is 64.5 Å². The van der Waals surface area contributed by atoms with Gasteiger partial charge in [0.05, 0.1) is 18.6 Å². The van der Waals surface area contributed by atoms with Crippen LogP contribution in [0.2, 0.25) is 0 Å². The zero-order valence-corrected chi connectivity index (χ0v) is 14.8. The van der Waals surface area contributed by atoms with Crippen molar-refractivity contribution in [2.45, 2.75) is 11.4 Å². The summed E-state index contributed by atoms with van der Waals surface area (Å²) in [6.45, 7) is 0.104. The molecule has 1 aromatic carbocycles. The van der Waals surface area contributed by atoms with Gasteiger partial charge in [-0.25, -0.2) is 22.5 Å². The lowest BCUT2D eigenvalue weighted by Gasteiger charge is -2.09. The first-order valence-corrected chi connectivity index (χ1v) is 9.20. The van der Waals surface area contributed by atoms with Gasteiger partial charge in [-0.2, -0.15) is 5.10 Å². The Labute approximate surface area is 149 Å². The molecule has 1 N–H and O–H groups in total. The summed E-state index contributed by atoms with van der Waals surface area (Å²) in [4.78, 5) is 12.0. The number of sulfonamides is 1. The van der Waals surface area contributed by atoms with Gasteiger partial charge in [0, 0.05) is 25.0 Å². The molecule has 0 unspecified atom stereocenters. The Morgan fingerprint density at radius 2 is 1.92 bits per heavy atom. The fourth-order valence-corrected chi connectivity index (χ4v) is 3.27. The maximum Gasteiger partial charge on any atom is 0.266 e. The molecular formula is C16H17N5O4S. The van der Waals surface area contributed by atoms with E-state index in [4.69, 9.17) is 4.74 Å². The lowest BCUT2D eigenvalue weighted by molar-refractivity contribution is 0.414. The van der Waals surface area contributed by atoms with Crippen LogP contribution < -0.4 is 15.0 Å². The minimum atomic E-state index is -3.69. The van der Waals surface area contributed by atoms with Crippen LogP contribution in [-0.4, -0.2) is 41.6 Å². The molecule has 3 rings (SSSR count). The molecule has 0 atom stereocenters. The molecule has 136 valence electrons. The molecule has 2 heterocycles. The van der Waals surface area contributed by atoms with Crippen LogP contribution >= 0.6 is 0 Å². The summed E-state index contributed by atoms with van der Waals surface area (Å²) >= 11 is 0. The molecule has 3 aromatic rings. The number of hydrogen-bond donors (Lipinski definition) is 1. The van der Waals surface area contributed by atoms with Gasteiger partial charge in [-0.3, -0.25) is 4.79 Å². The number of aromatic nitrogens is 4. The van der Waals surface area contributed by atoms with Crippen molar-refractivity contribution in [2.75, 3.05) is 13.7 Å². The third-order valence-corrected chi connectivity index (χ3v) is 5.05. The molecule has 0 aliphatic heterocycles. The third-order valence-electron chi connectivity index (χ3n) is 3.58. The first kappa shape index (κ1) is 17.8. The third kappa shape index (κ3) is 3.98. The molecule has 0 radical (unpaired) electrons. The number of rotatable bonds is 7. The Hall–Kier alpha value is -2.98. The van der Waals surface area contributed by atoms with Gasteiger partial charge in [0.1, 0.15) is 5.75 Å². The van der Waals surface area contributed by atoms with Crippen molar-refractivity contribution in [2.24, 2.45) is 0 Å². The van der Waals surface area contributed by atoms with Crippen molar-refractivity contribution in [3.63, 3.8) is 0 Å². The van der Waals surface area contributed by atoms with Crippen LogP contribution in [0.4, 0.5) is 0 Å². The number of methoxy groups -OCH3 is 1. The first-order chi connectivity index (χ1) is 12.5. The van der Waals surface area contributed by atoms with E-state index >= 15 is 0 Å². The van der Waals surface area contributed by atoms with Crippen molar-refractivity contribution in [1.29, 1.82) is 0 Å². The van der Waals surface area contributed by atoms with Gasteiger partial charge >= 0.3 is 0 Å². The van der Waals surface area contributed by atoms with Gasteiger partial charge in [-0.1, -0.05) is 0 Å². The highest BCUT2D eigenvalue weighted by Crippen LogP contribution is 2.15. The molecule has 0 spiro atoms. The highest BCUT2D eigenvalue weighted by atomic mass is 32.2. The van der Waals surface area contributed by atoms with Crippen LogP contribution in [0.5, 0.6) is 5.75 Å². The van der Waals surface area contributed by atoms with Gasteiger partial charge in [0.25, 0.3) is 5.56 Å². The van der Waals surface area contributed by atoms with Gasteiger partial charge in [0.2, 0.25) is 10.0 Å². The summed E-state index contributed by atoms with van der Waals surface area (Å²) in [6.07, 6.45) is 3.30. The Morgan fingerprint density at radius 3 is 2.58 bits per heavy atom. The quantitative estimate of drug-likeness (QED) is 0.641. The number of ether oxygens (including phenoxy) is 1. The van der Waals surface area contributed by atoms with Crippen LogP contribution in [-0.2, 0) is 16.6 Å². The van der Waals surface area contributed by atoms with Gasteiger partial charge < -0.3 is 4.74 Å². The largest absolute Gasteiger partial charge is 0.497 e. The molecule has 0 aliphatic carbocycles. The Morgan fingerprint density at radius 1 is 1.15 bits per heavy atom. The van der Waals surface area contributed by atoms with Gasteiger partial charge in [0.15, 0.2) is 5.82 Å². The predicted molar refractivity (Wildman–Crippen MR) is 93.8 cm³/mol. The van der Waals surface area contributed by atoms with Crippen LogP contribution in [0, 0.1) is 0 Å². The summed E-state index contributed by atoms with van der Waals surface area (Å²) < 4.78 is 34.7. The molecule has 2 aromatic heterocycles. The lowest BCUT2D eigenvalue weighted by atomic mass is 10.3. The number of nitrogens with one attached hydrogen (secondary N) is 1. The Kier molecular flexibility index (Phi) is 5.14. The van der Waals surface area contributed by atoms with E-state index in [2.05, 4.69) is 14.9 Å². The molecule has 0 amide bonds. The van der Waals surface area contributed by atoms with E-state index in [1.165, 1.54) is 34.7 Å². The van der Waals surface area contributed by atoms with Crippen molar-refractivity contribution in [3.8, 4) is 11.6 Å². The Balaban J connectivity index is 1.69. The second-order valence-electron chi connectivity index (χ2n) is 5.28. The number of hydrogen-bond acceptors (Lipinski definition) is 6. The smallest absolute Gasteiger partial charge is 0.266 e. The maximum atomic E-state index is 12.3. The number of nitrogens with zero attached hydrogens (tertiary/aromatic N) is 4. The summed E-state index contributed by atoms with van der Waals surface area (Å²) in [6, 6.07) is 10.7. The standard InChI is InChI=1S/C16H17N5O4S/c1-25-13-3-5-14(6-4-13)26(23,24)18-10-12-21-16(22)8-7-15(19-21)20-11-2-9-17-20/h2-9,11,18H,10,12H2,1H3. The Bertz CT molecular complexity index is 1030. The minimum absolute atomic E-state index is 0.0177. The summed E-state index contributed by atoms with van der Waals surface area (Å²) in [5, 5.41) is 8.23. The van der Waals surface area contributed by atoms with Crippen LogP contribution in [0.3, 0.4) is 0 Å². The molecule has 10 heteroatoms. The molecule has 26 heavy (non-hydrogen) atoms. The highest BCUT2D eigenvalue weighted by Gasteiger charge is 2.13. The number of benzene rings is 1. The zero-order valence-electron chi connectivity index (χ0n) is 13.9. The van der Waals surface area contributed by atoms with Crippen molar-refractivity contribution in [1.82, 2.24) is 24.3 Å². The van der Waals surface area contributed by atoms with Gasteiger partial charge in [-0.05, 0) is 36.4 Å². The summed E-state index contributed by atoms with van der Waals surface area (Å²) in [5.41, 5.74) is -0.329. The average Bonchev–Trinajstić information content (AvgIpc) is 3.18. The molecule has 0 aliphatic rings. The monoisotopic (exact) mass is 375 g/mol. The lowest BCUT2D eigenvalue weighted by Crippen LogP contribution is -2.32. The summed E-state index contributed by atoms with van der Waals surface area (Å²) in [5.74, 6) is 1.03. The molecule has 0 bridgehead atoms. The topological polar surface area (TPSA) is 108 Å². The highest BCUT2D eigenvalue weighted by molar-refractivity contribution is 7.89. The molecule has 0 fully saturated rings. The van der Waals surface area contributed by atoms with E-state index in [1.54, 1.807) is 36.7 Å².